The molecule has 4 heteroatoms. The number of halogens is 2. The van der Waals surface area contributed by atoms with Gasteiger partial charge in [-0.15, -0.1) is 0 Å². The molecule has 0 rings (SSSR count). The van der Waals surface area contributed by atoms with Crippen molar-refractivity contribution < 1.29 is 13.6 Å². The molecule has 1 unspecified atom stereocenters. The second-order valence-electron chi connectivity index (χ2n) is 1.37. The highest BCUT2D eigenvalue weighted by atomic mass is 19.3. The first-order chi connectivity index (χ1) is 3.68. The van der Waals surface area contributed by atoms with Gasteiger partial charge in [0.1, 0.15) is 0 Å². The average Bonchev–Trinajstić information content (AvgIpc) is 1.67. The van der Waals surface area contributed by atoms with Crippen molar-refractivity contribution in [2.45, 2.75) is 19.4 Å². The zero-order chi connectivity index (χ0) is 6.57. The maximum Gasteiger partial charge on any atom is 0.309 e. The van der Waals surface area contributed by atoms with Gasteiger partial charge in [-0.05, 0) is 6.92 Å². The van der Waals surface area contributed by atoms with Gasteiger partial charge in [0.2, 0.25) is 0 Å². The molecule has 0 aliphatic heterocycles. The second kappa shape index (κ2) is 3.35. The van der Waals surface area contributed by atoms with E-state index in [2.05, 4.69) is 0 Å². The molecule has 0 spiro atoms. The Balaban J connectivity index is 3.30. The molecule has 0 heterocycles. The van der Waals surface area contributed by atoms with Crippen LogP contribution in [0, 0.1) is 0 Å². The Hall–Kier alpha value is -0.670. The summed E-state index contributed by atoms with van der Waals surface area (Å²) in [5.74, 6) is 0. The van der Waals surface area contributed by atoms with Crippen LogP contribution >= 0.6 is 0 Å². The van der Waals surface area contributed by atoms with Gasteiger partial charge < -0.3 is 5.32 Å². The molecule has 1 amide bonds. The highest BCUT2D eigenvalue weighted by Gasteiger charge is 2.11. The van der Waals surface area contributed by atoms with E-state index < -0.39 is 12.5 Å². The fourth-order valence-corrected chi connectivity index (χ4v) is 0.156. The maximum atomic E-state index is 11.4. The molecule has 0 saturated heterocycles. The topological polar surface area (TPSA) is 29.1 Å². The normalized spacial score (nSPS) is 13.5. The SMILES string of the molecule is CC(N[C]=O)C(F)F. The fraction of sp³-hybridized carbons (Fsp3) is 0.750. The molecule has 0 bridgehead atoms. The first-order valence-corrected chi connectivity index (χ1v) is 2.09. The van der Waals surface area contributed by atoms with Gasteiger partial charge in [0.25, 0.3) is 6.43 Å². The highest BCUT2D eigenvalue weighted by molar-refractivity contribution is 5.47. The lowest BCUT2D eigenvalue weighted by molar-refractivity contribution is 0.114. The van der Waals surface area contributed by atoms with Crippen LogP contribution in [0.15, 0.2) is 0 Å². The van der Waals surface area contributed by atoms with Crippen molar-refractivity contribution >= 4 is 6.41 Å². The van der Waals surface area contributed by atoms with Crippen molar-refractivity contribution in [1.29, 1.82) is 0 Å². The van der Waals surface area contributed by atoms with Crippen LogP contribution in [-0.4, -0.2) is 18.9 Å². The lowest BCUT2D eigenvalue weighted by atomic mass is 10.4. The van der Waals surface area contributed by atoms with E-state index in [1.807, 2.05) is 0 Å². The minimum Gasteiger partial charge on any atom is -0.340 e. The minimum absolute atomic E-state index is 1.09. The van der Waals surface area contributed by atoms with Gasteiger partial charge in [0.05, 0.1) is 6.04 Å². The molecule has 0 fully saturated rings. The molecular weight excluding hydrogens is 116 g/mol. The van der Waals surface area contributed by atoms with Crippen molar-refractivity contribution in [3.8, 4) is 0 Å². The summed E-state index contributed by atoms with van der Waals surface area (Å²) < 4.78 is 22.7. The predicted molar refractivity (Wildman–Crippen MR) is 24.3 cm³/mol. The second-order valence-corrected chi connectivity index (χ2v) is 1.37. The number of carbonyl (C=O) groups excluding carboxylic acids is 1. The summed E-state index contributed by atoms with van der Waals surface area (Å²) in [5.41, 5.74) is 0. The van der Waals surface area contributed by atoms with Crippen molar-refractivity contribution in [2.75, 3.05) is 0 Å². The average molecular weight is 122 g/mol. The first kappa shape index (κ1) is 7.33. The van der Waals surface area contributed by atoms with E-state index in [0.717, 1.165) is 0 Å². The molecule has 0 saturated carbocycles. The maximum absolute atomic E-state index is 11.4. The monoisotopic (exact) mass is 122 g/mol. The van der Waals surface area contributed by atoms with E-state index in [1.54, 1.807) is 5.32 Å². The predicted octanol–water partition coefficient (Wildman–Crippen LogP) is 0.297. The Morgan fingerprint density at radius 1 is 1.62 bits per heavy atom. The summed E-state index contributed by atoms with van der Waals surface area (Å²) in [4.78, 5) is 9.35. The van der Waals surface area contributed by atoms with Crippen molar-refractivity contribution in [2.24, 2.45) is 0 Å². The van der Waals surface area contributed by atoms with E-state index in [9.17, 15) is 13.6 Å². The number of amides is 1. The van der Waals surface area contributed by atoms with Gasteiger partial charge in [0.15, 0.2) is 0 Å². The van der Waals surface area contributed by atoms with Crippen LogP contribution in [0.4, 0.5) is 8.78 Å². The van der Waals surface area contributed by atoms with Crippen LogP contribution in [-0.2, 0) is 4.79 Å². The Bertz CT molecular complexity index is 76.4. The molecule has 0 aliphatic rings. The van der Waals surface area contributed by atoms with Crippen molar-refractivity contribution in [1.82, 2.24) is 5.32 Å². The summed E-state index contributed by atoms with van der Waals surface area (Å²) in [5, 5.41) is 1.79. The van der Waals surface area contributed by atoms with E-state index >= 15 is 0 Å². The fourth-order valence-electron chi connectivity index (χ4n) is 0.156. The molecule has 0 aromatic rings. The number of nitrogens with one attached hydrogen (secondary N) is 1. The standard InChI is InChI=1S/C4H6F2NO/c1-3(4(5)6)7-2-8/h3-4H,1H3,(H,7,8). The van der Waals surface area contributed by atoms with Gasteiger partial charge in [-0.25, -0.2) is 8.78 Å². The number of alkyl halides is 2. The van der Waals surface area contributed by atoms with Crippen LogP contribution in [0.3, 0.4) is 0 Å². The van der Waals surface area contributed by atoms with Crippen LogP contribution in [0.25, 0.3) is 0 Å². The first-order valence-electron chi connectivity index (χ1n) is 2.09. The Kier molecular flexibility index (Phi) is 3.07. The lowest BCUT2D eigenvalue weighted by Crippen LogP contribution is -2.30. The Labute approximate surface area is 45.9 Å². The molecule has 8 heavy (non-hydrogen) atoms. The smallest absolute Gasteiger partial charge is 0.309 e. The van der Waals surface area contributed by atoms with Gasteiger partial charge in [-0.3, -0.25) is 4.79 Å². The molecule has 1 N–H and O–H groups in total. The molecular formula is C4H6F2NO. The van der Waals surface area contributed by atoms with E-state index in [1.165, 1.54) is 13.3 Å². The van der Waals surface area contributed by atoms with E-state index in [-0.39, 0.29) is 0 Å². The third-order valence-corrected chi connectivity index (χ3v) is 0.665. The zero-order valence-electron chi connectivity index (χ0n) is 4.32. The number of rotatable bonds is 3. The summed E-state index contributed by atoms with van der Waals surface area (Å²) >= 11 is 0. The molecule has 47 valence electrons. The number of hydrogen-bond donors (Lipinski definition) is 1. The lowest BCUT2D eigenvalue weighted by Gasteiger charge is -2.05. The van der Waals surface area contributed by atoms with Crippen LogP contribution in [0.2, 0.25) is 0 Å². The molecule has 1 atom stereocenters. The van der Waals surface area contributed by atoms with Crippen LogP contribution in [0.1, 0.15) is 6.92 Å². The third-order valence-electron chi connectivity index (χ3n) is 0.665. The largest absolute Gasteiger partial charge is 0.340 e. The van der Waals surface area contributed by atoms with Gasteiger partial charge in [0, 0.05) is 0 Å². The van der Waals surface area contributed by atoms with Gasteiger partial charge >= 0.3 is 6.41 Å². The molecule has 2 nitrogen and oxygen atoms in total. The summed E-state index contributed by atoms with van der Waals surface area (Å²) in [6, 6.07) is -1.09. The van der Waals surface area contributed by atoms with E-state index in [4.69, 9.17) is 0 Å². The summed E-state index contributed by atoms with van der Waals surface area (Å²) in [6.07, 6.45) is -1.33. The molecule has 0 aromatic heterocycles. The highest BCUT2D eigenvalue weighted by Crippen LogP contribution is 1.96. The van der Waals surface area contributed by atoms with Crippen LogP contribution < -0.4 is 5.32 Å². The Morgan fingerprint density at radius 2 is 2.12 bits per heavy atom. The number of hydrogen-bond acceptors (Lipinski definition) is 1. The molecule has 1 radical (unpaired) electrons. The molecule has 0 aromatic carbocycles. The third kappa shape index (κ3) is 2.49. The summed E-state index contributed by atoms with van der Waals surface area (Å²) in [7, 11) is 0. The Morgan fingerprint density at radius 3 is 2.25 bits per heavy atom. The quantitative estimate of drug-likeness (QED) is 0.536. The van der Waals surface area contributed by atoms with Crippen molar-refractivity contribution in [3.05, 3.63) is 0 Å². The summed E-state index contributed by atoms with van der Waals surface area (Å²) in [6.45, 7) is 1.20. The van der Waals surface area contributed by atoms with Gasteiger partial charge in [-0.1, -0.05) is 0 Å². The van der Waals surface area contributed by atoms with Gasteiger partial charge in [-0.2, -0.15) is 0 Å². The van der Waals surface area contributed by atoms with E-state index in [0.29, 0.717) is 0 Å². The zero-order valence-corrected chi connectivity index (χ0v) is 4.32. The molecule has 0 aliphatic carbocycles. The minimum atomic E-state index is -2.50. The van der Waals surface area contributed by atoms with Crippen molar-refractivity contribution in [3.63, 3.8) is 0 Å². The van der Waals surface area contributed by atoms with Crippen LogP contribution in [0.5, 0.6) is 0 Å².